The zero-order chi connectivity index (χ0) is 14.4. The van der Waals surface area contributed by atoms with Crippen LogP contribution >= 0.6 is 24.4 Å². The molecule has 2 aromatic rings. The van der Waals surface area contributed by atoms with E-state index in [-0.39, 0.29) is 0 Å². The molecule has 0 atom stereocenters. The van der Waals surface area contributed by atoms with E-state index in [1.807, 2.05) is 48.5 Å². The Labute approximate surface area is 128 Å². The number of hydrogen-bond acceptors (Lipinski definition) is 4. The molecule has 0 amide bonds. The van der Waals surface area contributed by atoms with Gasteiger partial charge >= 0.3 is 0 Å². The minimum absolute atomic E-state index is 0.780. The Bertz CT molecular complexity index is 655. The van der Waals surface area contributed by atoms with Gasteiger partial charge in [0, 0.05) is 0 Å². The van der Waals surface area contributed by atoms with Gasteiger partial charge in [0.15, 0.2) is 0 Å². The number of thiocarbonyl (C=S) groups is 2. The van der Waals surface area contributed by atoms with Crippen molar-refractivity contribution in [2.24, 2.45) is 9.98 Å². The van der Waals surface area contributed by atoms with Crippen molar-refractivity contribution >= 4 is 51.7 Å². The molecule has 0 bridgehead atoms. The van der Waals surface area contributed by atoms with Crippen LogP contribution in [0, 0.1) is 0 Å². The fraction of sp³-hybridized carbons (Fsp3) is 0. The maximum atomic E-state index is 4.57. The van der Waals surface area contributed by atoms with Crippen LogP contribution in [-0.2, 0) is 0 Å². The van der Waals surface area contributed by atoms with Crippen molar-refractivity contribution in [2.75, 3.05) is 0 Å². The summed E-state index contributed by atoms with van der Waals surface area (Å²) in [6, 6.07) is 15.3. The standard InChI is InChI=1S/C16H10N2S2/c1-12(13-2-6-15(7-3-13)17-10-19)14-4-8-16(9-5-14)18-11-20/h2-9H,1H2. The van der Waals surface area contributed by atoms with E-state index in [1.165, 1.54) is 0 Å². The highest BCUT2D eigenvalue weighted by Gasteiger charge is 2.02. The predicted molar refractivity (Wildman–Crippen MR) is 90.4 cm³/mol. The van der Waals surface area contributed by atoms with Gasteiger partial charge in [-0.25, -0.2) is 0 Å². The summed E-state index contributed by atoms with van der Waals surface area (Å²) in [4.78, 5) is 7.84. The number of hydrogen-bond donors (Lipinski definition) is 0. The van der Waals surface area contributed by atoms with Gasteiger partial charge < -0.3 is 0 Å². The lowest BCUT2D eigenvalue weighted by Gasteiger charge is -2.06. The van der Waals surface area contributed by atoms with Crippen LogP contribution in [0.2, 0.25) is 0 Å². The number of benzene rings is 2. The molecule has 0 heterocycles. The van der Waals surface area contributed by atoms with Crippen molar-refractivity contribution in [3.63, 3.8) is 0 Å². The number of rotatable bonds is 4. The molecular formula is C16H10N2S2. The Morgan fingerprint density at radius 2 is 1.10 bits per heavy atom. The summed E-state index contributed by atoms with van der Waals surface area (Å²) in [7, 11) is 0. The molecule has 96 valence electrons. The van der Waals surface area contributed by atoms with E-state index < -0.39 is 0 Å². The van der Waals surface area contributed by atoms with Gasteiger partial charge in [-0.2, -0.15) is 9.98 Å². The third-order valence-corrected chi connectivity index (χ3v) is 2.96. The lowest BCUT2D eigenvalue weighted by atomic mass is 9.99. The minimum atomic E-state index is 0.780. The number of nitrogens with zero attached hydrogens (tertiary/aromatic N) is 2. The molecule has 0 saturated heterocycles. The Morgan fingerprint density at radius 3 is 1.40 bits per heavy atom. The number of isothiocyanates is 2. The highest BCUT2D eigenvalue weighted by Crippen LogP contribution is 2.25. The molecule has 0 fully saturated rings. The zero-order valence-corrected chi connectivity index (χ0v) is 12.2. The molecule has 2 nitrogen and oxygen atoms in total. The largest absolute Gasteiger partial charge is 0.195 e. The lowest BCUT2D eigenvalue weighted by molar-refractivity contribution is 1.49. The molecule has 0 aromatic heterocycles. The first-order valence-corrected chi connectivity index (χ1v) is 6.62. The lowest BCUT2D eigenvalue weighted by Crippen LogP contribution is -1.85. The summed E-state index contributed by atoms with van der Waals surface area (Å²) in [6.07, 6.45) is 0. The predicted octanol–water partition coefficient (Wildman–Crippen LogP) is 5.22. The van der Waals surface area contributed by atoms with Crippen molar-refractivity contribution in [3.8, 4) is 0 Å². The molecule has 2 aromatic carbocycles. The van der Waals surface area contributed by atoms with Crippen LogP contribution < -0.4 is 0 Å². The van der Waals surface area contributed by atoms with Crippen molar-refractivity contribution < 1.29 is 0 Å². The quantitative estimate of drug-likeness (QED) is 0.570. The van der Waals surface area contributed by atoms with Crippen LogP contribution in [0.1, 0.15) is 11.1 Å². The van der Waals surface area contributed by atoms with Crippen molar-refractivity contribution in [1.82, 2.24) is 0 Å². The third-order valence-electron chi connectivity index (χ3n) is 2.78. The summed E-state index contributed by atoms with van der Waals surface area (Å²) in [5.74, 6) is 0. The van der Waals surface area contributed by atoms with E-state index in [2.05, 4.69) is 51.3 Å². The smallest absolute Gasteiger partial charge is 0.0739 e. The molecule has 0 unspecified atom stereocenters. The Morgan fingerprint density at radius 1 is 0.750 bits per heavy atom. The summed E-state index contributed by atoms with van der Waals surface area (Å²) >= 11 is 9.15. The van der Waals surface area contributed by atoms with Gasteiger partial charge in [0.25, 0.3) is 0 Å². The molecule has 4 heteroatoms. The first-order chi connectivity index (χ1) is 9.74. The molecule has 0 radical (unpaired) electrons. The average Bonchev–Trinajstić information content (AvgIpc) is 2.49. The normalized spacial score (nSPS) is 9.20. The highest BCUT2D eigenvalue weighted by atomic mass is 32.1. The maximum absolute atomic E-state index is 4.57. The molecule has 0 aliphatic heterocycles. The van der Waals surface area contributed by atoms with Crippen molar-refractivity contribution in [3.05, 3.63) is 66.2 Å². The summed E-state index contributed by atoms with van der Waals surface area (Å²) in [5, 5.41) is 4.69. The first kappa shape index (κ1) is 14.2. The van der Waals surface area contributed by atoms with Crippen LogP contribution in [0.25, 0.3) is 5.57 Å². The summed E-state index contributed by atoms with van der Waals surface area (Å²) < 4.78 is 0. The minimum Gasteiger partial charge on any atom is -0.195 e. The van der Waals surface area contributed by atoms with E-state index in [9.17, 15) is 0 Å². The molecule has 0 spiro atoms. The van der Waals surface area contributed by atoms with E-state index in [0.717, 1.165) is 28.1 Å². The average molecular weight is 294 g/mol. The van der Waals surface area contributed by atoms with E-state index in [1.54, 1.807) is 0 Å². The summed E-state index contributed by atoms with van der Waals surface area (Å²) in [6.45, 7) is 4.11. The Hall–Kier alpha value is -2.22. The Balaban J connectivity index is 2.26. The monoisotopic (exact) mass is 294 g/mol. The van der Waals surface area contributed by atoms with Crippen LogP contribution in [0.3, 0.4) is 0 Å². The SMILES string of the molecule is C=C(c1ccc(N=C=S)cc1)c1ccc(N=C=S)cc1. The second-order valence-corrected chi connectivity index (χ2v) is 4.34. The van der Waals surface area contributed by atoms with Gasteiger partial charge in [-0.15, -0.1) is 0 Å². The summed E-state index contributed by atoms with van der Waals surface area (Å²) in [5.41, 5.74) is 4.55. The van der Waals surface area contributed by atoms with Gasteiger partial charge in [0.05, 0.1) is 21.7 Å². The van der Waals surface area contributed by atoms with Crippen LogP contribution in [-0.4, -0.2) is 10.3 Å². The molecular weight excluding hydrogens is 284 g/mol. The second-order valence-electron chi connectivity index (χ2n) is 3.98. The van der Waals surface area contributed by atoms with Gasteiger partial charge in [0.2, 0.25) is 0 Å². The van der Waals surface area contributed by atoms with Crippen molar-refractivity contribution in [2.45, 2.75) is 0 Å². The van der Waals surface area contributed by atoms with Gasteiger partial charge in [0.1, 0.15) is 0 Å². The van der Waals surface area contributed by atoms with Gasteiger partial charge in [-0.1, -0.05) is 30.8 Å². The molecule has 0 aliphatic carbocycles. The van der Waals surface area contributed by atoms with E-state index >= 15 is 0 Å². The van der Waals surface area contributed by atoms with Crippen LogP contribution in [0.15, 0.2) is 65.1 Å². The van der Waals surface area contributed by atoms with E-state index in [0.29, 0.717) is 0 Å². The molecule has 0 N–H and O–H groups in total. The fourth-order valence-corrected chi connectivity index (χ4v) is 1.96. The van der Waals surface area contributed by atoms with Gasteiger partial charge in [-0.05, 0) is 65.4 Å². The van der Waals surface area contributed by atoms with Crippen molar-refractivity contribution in [1.29, 1.82) is 0 Å². The Kier molecular flexibility index (Phi) is 4.83. The second kappa shape index (κ2) is 6.80. The zero-order valence-electron chi connectivity index (χ0n) is 10.5. The molecule has 20 heavy (non-hydrogen) atoms. The maximum Gasteiger partial charge on any atom is 0.0739 e. The fourth-order valence-electron chi connectivity index (χ4n) is 1.75. The topological polar surface area (TPSA) is 24.7 Å². The first-order valence-electron chi connectivity index (χ1n) is 5.80. The number of aliphatic imine (C=N–C) groups is 2. The highest BCUT2D eigenvalue weighted by molar-refractivity contribution is 7.78. The molecule has 0 saturated carbocycles. The molecule has 0 aliphatic rings. The molecule has 2 rings (SSSR count). The van der Waals surface area contributed by atoms with Crippen LogP contribution in [0.5, 0.6) is 0 Å². The van der Waals surface area contributed by atoms with Crippen LogP contribution in [0.4, 0.5) is 11.4 Å². The van der Waals surface area contributed by atoms with E-state index in [4.69, 9.17) is 0 Å². The van der Waals surface area contributed by atoms with Gasteiger partial charge in [-0.3, -0.25) is 0 Å². The third kappa shape index (κ3) is 3.41.